The van der Waals surface area contributed by atoms with Crippen LogP contribution in [0.3, 0.4) is 0 Å². The van der Waals surface area contributed by atoms with Gasteiger partial charge in [-0.25, -0.2) is 0 Å². The van der Waals surface area contributed by atoms with Crippen LogP contribution in [0.15, 0.2) is 24.3 Å². The van der Waals surface area contributed by atoms with Crippen molar-refractivity contribution < 1.29 is 23.9 Å². The van der Waals surface area contributed by atoms with Crippen LogP contribution in [0.4, 0.5) is 5.69 Å². The summed E-state index contributed by atoms with van der Waals surface area (Å²) in [5.41, 5.74) is 1.39. The number of nitrogens with zero attached hydrogens (tertiary/aromatic N) is 3. The molecule has 3 fully saturated rings. The molecule has 4 atom stereocenters. The summed E-state index contributed by atoms with van der Waals surface area (Å²) >= 11 is 0. The quantitative estimate of drug-likeness (QED) is 0.567. The summed E-state index contributed by atoms with van der Waals surface area (Å²) in [7, 11) is 1.56. The minimum Gasteiger partial charge on any atom is -0.377 e. The largest absolute Gasteiger partial charge is 0.377 e. The highest BCUT2D eigenvalue weighted by atomic mass is 16.5. The first-order chi connectivity index (χ1) is 17.6. The first-order valence-electron chi connectivity index (χ1n) is 13.5. The van der Waals surface area contributed by atoms with E-state index in [1.807, 2.05) is 45.0 Å². The number of anilines is 1. The normalized spacial score (nSPS) is 25.3. The van der Waals surface area contributed by atoms with Crippen molar-refractivity contribution in [2.24, 2.45) is 5.41 Å². The summed E-state index contributed by atoms with van der Waals surface area (Å²) in [6, 6.07) is 6.19. The number of rotatable bonds is 8. The molecule has 1 aromatic carbocycles. The van der Waals surface area contributed by atoms with Crippen molar-refractivity contribution in [1.82, 2.24) is 15.1 Å². The number of methoxy groups -OCH3 is 1. The fraction of sp³-hybridized carbons (Fsp3) is 0.679. The molecular weight excluding hydrogens is 472 g/mol. The number of carbonyl (C=O) groups excluding carboxylic acids is 3. The molecule has 0 spiro atoms. The van der Waals surface area contributed by atoms with Crippen LogP contribution in [0.1, 0.15) is 50.9 Å². The van der Waals surface area contributed by atoms with E-state index in [9.17, 15) is 14.4 Å². The Hall–Kier alpha value is -2.49. The molecule has 3 aliphatic rings. The van der Waals surface area contributed by atoms with E-state index in [1.54, 1.807) is 12.0 Å². The molecule has 9 heteroatoms. The molecule has 0 aliphatic carbocycles. The van der Waals surface area contributed by atoms with Gasteiger partial charge in [0.25, 0.3) is 5.91 Å². The lowest BCUT2D eigenvalue weighted by molar-refractivity contribution is -0.138. The highest BCUT2D eigenvalue weighted by molar-refractivity contribution is 5.99. The zero-order valence-corrected chi connectivity index (χ0v) is 22.9. The minimum atomic E-state index is -0.761. The summed E-state index contributed by atoms with van der Waals surface area (Å²) in [6.45, 7) is 13.7. The summed E-state index contributed by atoms with van der Waals surface area (Å²) in [5.74, 6) is -0.682. The molecule has 3 saturated heterocycles. The van der Waals surface area contributed by atoms with Crippen molar-refractivity contribution >= 4 is 23.3 Å². The molecule has 1 aromatic rings. The number of benzene rings is 1. The average molecular weight is 515 g/mol. The van der Waals surface area contributed by atoms with E-state index in [4.69, 9.17) is 9.47 Å². The van der Waals surface area contributed by atoms with Crippen LogP contribution in [0.2, 0.25) is 0 Å². The second kappa shape index (κ2) is 11.5. The van der Waals surface area contributed by atoms with Crippen LogP contribution in [-0.4, -0.2) is 105 Å². The molecule has 3 heterocycles. The predicted molar refractivity (Wildman–Crippen MR) is 142 cm³/mol. The third-order valence-electron chi connectivity index (χ3n) is 7.55. The Morgan fingerprint density at radius 1 is 1.14 bits per heavy atom. The van der Waals surface area contributed by atoms with Crippen molar-refractivity contribution in [3.8, 4) is 0 Å². The summed E-state index contributed by atoms with van der Waals surface area (Å²) < 4.78 is 11.1. The number of Topliss-reactive ketones (excluding diaryl/α,β-unsaturated/α-hetero) is 1. The number of carbonyl (C=O) groups is 3. The van der Waals surface area contributed by atoms with E-state index >= 15 is 0 Å². The van der Waals surface area contributed by atoms with E-state index < -0.39 is 18.2 Å². The maximum absolute atomic E-state index is 13.7. The maximum atomic E-state index is 13.7. The van der Waals surface area contributed by atoms with E-state index in [0.29, 0.717) is 12.0 Å². The zero-order valence-electron chi connectivity index (χ0n) is 22.9. The summed E-state index contributed by atoms with van der Waals surface area (Å²) in [6.07, 6.45) is 0.795. The molecule has 3 aliphatic heterocycles. The van der Waals surface area contributed by atoms with Gasteiger partial charge in [-0.1, -0.05) is 27.7 Å². The second-order valence-electron chi connectivity index (χ2n) is 11.6. The maximum Gasteiger partial charge on any atom is 0.251 e. The van der Waals surface area contributed by atoms with Gasteiger partial charge in [-0.3, -0.25) is 19.3 Å². The van der Waals surface area contributed by atoms with Crippen molar-refractivity contribution in [2.45, 2.75) is 64.8 Å². The lowest BCUT2D eigenvalue weighted by Crippen LogP contribution is -2.53. The Morgan fingerprint density at radius 3 is 2.41 bits per heavy atom. The number of piperazine rings is 1. The molecule has 0 unspecified atom stereocenters. The Balaban J connectivity index is 1.44. The van der Waals surface area contributed by atoms with Crippen molar-refractivity contribution in [2.75, 3.05) is 57.9 Å². The Morgan fingerprint density at radius 2 is 1.81 bits per heavy atom. The topological polar surface area (TPSA) is 91.4 Å². The van der Waals surface area contributed by atoms with Crippen molar-refractivity contribution in [3.05, 3.63) is 29.8 Å². The van der Waals surface area contributed by atoms with Crippen molar-refractivity contribution in [1.29, 1.82) is 0 Å². The fourth-order valence-corrected chi connectivity index (χ4v) is 5.67. The van der Waals surface area contributed by atoms with Crippen LogP contribution >= 0.6 is 0 Å². The molecule has 37 heavy (non-hydrogen) atoms. The molecule has 0 saturated carbocycles. The zero-order chi connectivity index (χ0) is 26.7. The van der Waals surface area contributed by atoms with E-state index in [2.05, 4.69) is 22.0 Å². The van der Waals surface area contributed by atoms with E-state index in [0.717, 1.165) is 38.4 Å². The number of ether oxygens (including phenoxy) is 2. The lowest BCUT2D eigenvalue weighted by atomic mass is 9.87. The average Bonchev–Trinajstić information content (AvgIpc) is 3.43. The van der Waals surface area contributed by atoms with Crippen LogP contribution in [0.25, 0.3) is 0 Å². The standard InChI is InChI=1S/C28H42N4O5/c1-6-11-30-12-14-31(15-13-30)20-9-7-19(8-10-20)26(34)29-21(16-28(2,3)4)27(35)32-17-23(36-5)25-24(32)22(33)18-37-25/h7-10,21,23-25H,6,11-18H2,1-5H3,(H,29,34)/t21-,23-,24+,25+/m0/s1. The van der Waals surface area contributed by atoms with Crippen LogP contribution in [0.5, 0.6) is 0 Å². The first kappa shape index (κ1) is 27.5. The van der Waals surface area contributed by atoms with E-state index in [-0.39, 0.29) is 42.3 Å². The molecule has 0 bridgehead atoms. The number of likely N-dealkylation sites (tertiary alicyclic amines) is 1. The Labute approximate surface area is 220 Å². The molecule has 4 rings (SSSR count). The SMILES string of the molecule is CCCN1CCN(c2ccc(C(=O)N[C@@H](CC(C)(C)C)C(=O)N3C[C@H](OC)[C@H]4OCC(=O)[C@H]43)cc2)CC1. The van der Waals surface area contributed by atoms with Gasteiger partial charge in [0, 0.05) is 44.5 Å². The lowest BCUT2D eigenvalue weighted by Gasteiger charge is -2.36. The molecule has 9 nitrogen and oxygen atoms in total. The molecule has 204 valence electrons. The molecule has 2 amide bonds. The van der Waals surface area contributed by atoms with Gasteiger partial charge in [0.05, 0.1) is 6.54 Å². The highest BCUT2D eigenvalue weighted by Gasteiger charge is 2.53. The van der Waals surface area contributed by atoms with Crippen molar-refractivity contribution in [3.63, 3.8) is 0 Å². The van der Waals surface area contributed by atoms with E-state index in [1.165, 1.54) is 6.42 Å². The third kappa shape index (κ3) is 6.33. The van der Waals surface area contributed by atoms with Crippen LogP contribution in [0, 0.1) is 5.41 Å². The van der Waals surface area contributed by atoms with Crippen LogP contribution < -0.4 is 10.2 Å². The minimum absolute atomic E-state index is 0.0186. The number of hydrogen-bond acceptors (Lipinski definition) is 7. The van der Waals surface area contributed by atoms with Gasteiger partial charge in [-0.2, -0.15) is 0 Å². The number of hydrogen-bond donors (Lipinski definition) is 1. The van der Waals surface area contributed by atoms with Gasteiger partial charge in [-0.15, -0.1) is 0 Å². The molecular formula is C28H42N4O5. The first-order valence-corrected chi connectivity index (χ1v) is 13.5. The summed E-state index contributed by atoms with van der Waals surface area (Å²) in [5, 5.41) is 2.97. The van der Waals surface area contributed by atoms with Gasteiger partial charge in [-0.05, 0) is 49.1 Å². The van der Waals surface area contributed by atoms with Gasteiger partial charge >= 0.3 is 0 Å². The van der Waals surface area contributed by atoms with Gasteiger partial charge in [0.15, 0.2) is 5.78 Å². The number of nitrogens with one attached hydrogen (secondary N) is 1. The smallest absolute Gasteiger partial charge is 0.251 e. The Bertz CT molecular complexity index is 968. The van der Waals surface area contributed by atoms with Gasteiger partial charge in [0.1, 0.15) is 30.9 Å². The monoisotopic (exact) mass is 514 g/mol. The third-order valence-corrected chi connectivity index (χ3v) is 7.55. The van der Waals surface area contributed by atoms with Gasteiger partial charge < -0.3 is 24.6 Å². The molecule has 0 radical (unpaired) electrons. The Kier molecular flexibility index (Phi) is 8.56. The number of fused-ring (bicyclic) bond motifs is 1. The van der Waals surface area contributed by atoms with Gasteiger partial charge in [0.2, 0.25) is 5.91 Å². The fourth-order valence-electron chi connectivity index (χ4n) is 5.67. The molecule has 1 N–H and O–H groups in total. The van der Waals surface area contributed by atoms with Crippen LogP contribution in [-0.2, 0) is 19.1 Å². The predicted octanol–water partition coefficient (Wildman–Crippen LogP) is 1.95. The second-order valence-corrected chi connectivity index (χ2v) is 11.6. The summed E-state index contributed by atoms with van der Waals surface area (Å²) in [4.78, 5) is 45.9. The molecule has 0 aromatic heterocycles. The highest BCUT2D eigenvalue weighted by Crippen LogP contribution is 2.31. The number of amides is 2. The number of ketones is 1.